The zero-order valence-electron chi connectivity index (χ0n) is 10.2. The summed E-state index contributed by atoms with van der Waals surface area (Å²) in [6.07, 6.45) is 1.56. The second kappa shape index (κ2) is 6.14. The van der Waals surface area contributed by atoms with Crippen molar-refractivity contribution < 1.29 is 9.59 Å². The molecular weight excluding hydrogens is 264 g/mol. The Morgan fingerprint density at radius 1 is 1.42 bits per heavy atom. The van der Waals surface area contributed by atoms with E-state index in [1.807, 2.05) is 0 Å². The van der Waals surface area contributed by atoms with Crippen LogP contribution in [0.25, 0.3) is 0 Å². The lowest BCUT2D eigenvalue weighted by Gasteiger charge is -1.99. The second-order valence-corrected chi connectivity index (χ2v) is 4.65. The van der Waals surface area contributed by atoms with Crippen molar-refractivity contribution in [1.82, 2.24) is 10.6 Å². The number of amides is 2. The van der Waals surface area contributed by atoms with Crippen LogP contribution in [0, 0.1) is 0 Å². The maximum atomic E-state index is 11.3. The first-order valence-corrected chi connectivity index (χ1v) is 6.53. The Labute approximate surface area is 114 Å². The Balaban J connectivity index is 1.99. The summed E-state index contributed by atoms with van der Waals surface area (Å²) in [5, 5.41) is 13.4. The normalized spacial score (nSPS) is 16.9. The van der Waals surface area contributed by atoms with Gasteiger partial charge in [0.2, 0.25) is 5.91 Å². The predicted octanol–water partition coefficient (Wildman–Crippen LogP) is 0.599. The van der Waals surface area contributed by atoms with E-state index in [4.69, 9.17) is 0 Å². The van der Waals surface area contributed by atoms with E-state index in [0.717, 1.165) is 5.56 Å². The highest BCUT2D eigenvalue weighted by molar-refractivity contribution is 8.15. The van der Waals surface area contributed by atoms with Crippen molar-refractivity contribution in [3.63, 3.8) is 0 Å². The van der Waals surface area contributed by atoms with Gasteiger partial charge >= 0.3 is 0 Å². The molecule has 6 nitrogen and oxygen atoms in total. The highest BCUT2D eigenvalue weighted by Gasteiger charge is 2.15. The van der Waals surface area contributed by atoms with Crippen LogP contribution in [0.4, 0.5) is 0 Å². The van der Waals surface area contributed by atoms with Crippen LogP contribution in [-0.2, 0) is 4.79 Å². The Kier molecular flexibility index (Phi) is 4.30. The third-order valence-corrected chi connectivity index (χ3v) is 3.21. The molecule has 1 aliphatic heterocycles. The number of carbonyl (C=O) groups is 2. The summed E-state index contributed by atoms with van der Waals surface area (Å²) >= 11 is 1.32. The van der Waals surface area contributed by atoms with Crippen LogP contribution in [0.5, 0.6) is 0 Å². The molecule has 2 rings (SSSR count). The fraction of sp³-hybridized carbons (Fsp3) is 0.167. The summed E-state index contributed by atoms with van der Waals surface area (Å²) in [5.41, 5.74) is 1.41. The van der Waals surface area contributed by atoms with Crippen molar-refractivity contribution >= 4 is 35.0 Å². The first-order valence-electron chi connectivity index (χ1n) is 5.55. The topological polar surface area (TPSA) is 82.9 Å². The Bertz CT molecular complexity index is 551. The van der Waals surface area contributed by atoms with Gasteiger partial charge in [-0.15, -0.1) is 5.10 Å². The van der Waals surface area contributed by atoms with Gasteiger partial charge in [0.15, 0.2) is 5.17 Å². The van der Waals surface area contributed by atoms with E-state index >= 15 is 0 Å². The number of nitrogens with zero attached hydrogens (tertiary/aromatic N) is 2. The van der Waals surface area contributed by atoms with E-state index in [2.05, 4.69) is 20.8 Å². The number of benzene rings is 1. The zero-order chi connectivity index (χ0) is 13.7. The summed E-state index contributed by atoms with van der Waals surface area (Å²) < 4.78 is 0. The molecule has 19 heavy (non-hydrogen) atoms. The van der Waals surface area contributed by atoms with Crippen LogP contribution in [-0.4, -0.2) is 36.0 Å². The molecule has 1 aromatic carbocycles. The monoisotopic (exact) mass is 276 g/mol. The average Bonchev–Trinajstić information content (AvgIpc) is 2.84. The van der Waals surface area contributed by atoms with Crippen molar-refractivity contribution in [3.05, 3.63) is 35.4 Å². The van der Waals surface area contributed by atoms with E-state index in [0.29, 0.717) is 16.5 Å². The number of rotatable bonds is 3. The molecule has 0 saturated carbocycles. The lowest BCUT2D eigenvalue weighted by molar-refractivity contribution is -0.116. The van der Waals surface area contributed by atoms with Gasteiger partial charge in [-0.2, -0.15) is 5.10 Å². The number of hydrogen-bond acceptors (Lipinski definition) is 5. The van der Waals surface area contributed by atoms with Gasteiger partial charge in [0.1, 0.15) is 0 Å². The van der Waals surface area contributed by atoms with E-state index < -0.39 is 0 Å². The number of hydrogen-bond donors (Lipinski definition) is 2. The minimum Gasteiger partial charge on any atom is -0.355 e. The highest BCUT2D eigenvalue weighted by atomic mass is 32.2. The number of nitrogens with one attached hydrogen (secondary N) is 2. The fourth-order valence-electron chi connectivity index (χ4n) is 1.39. The molecule has 1 aromatic rings. The van der Waals surface area contributed by atoms with Gasteiger partial charge in [-0.25, -0.2) is 0 Å². The van der Waals surface area contributed by atoms with Crippen LogP contribution in [0.15, 0.2) is 34.5 Å². The first-order chi connectivity index (χ1) is 9.19. The minimum atomic E-state index is -0.131. The molecule has 0 radical (unpaired) electrons. The summed E-state index contributed by atoms with van der Waals surface area (Å²) in [6.45, 7) is 0. The molecular formula is C12H12N4O2S. The summed E-state index contributed by atoms with van der Waals surface area (Å²) in [7, 11) is 1.58. The van der Waals surface area contributed by atoms with E-state index in [1.54, 1.807) is 37.5 Å². The second-order valence-electron chi connectivity index (χ2n) is 3.69. The summed E-state index contributed by atoms with van der Waals surface area (Å²) in [4.78, 5) is 22.2. The third-order valence-electron chi connectivity index (χ3n) is 2.34. The molecule has 98 valence electrons. The van der Waals surface area contributed by atoms with Crippen LogP contribution >= 0.6 is 11.8 Å². The van der Waals surface area contributed by atoms with Crippen LogP contribution < -0.4 is 10.6 Å². The Morgan fingerprint density at radius 3 is 2.74 bits per heavy atom. The van der Waals surface area contributed by atoms with Gasteiger partial charge in [0, 0.05) is 12.6 Å². The molecule has 7 heteroatoms. The highest BCUT2D eigenvalue weighted by Crippen LogP contribution is 2.08. The lowest BCUT2D eigenvalue weighted by Crippen LogP contribution is -2.19. The molecule has 1 fully saturated rings. The fourth-order valence-corrected chi connectivity index (χ4v) is 2.02. The number of amidine groups is 1. The molecule has 0 bridgehead atoms. The summed E-state index contributed by atoms with van der Waals surface area (Å²) in [5.74, 6) is 0.192. The largest absolute Gasteiger partial charge is 0.355 e. The van der Waals surface area contributed by atoms with E-state index in [9.17, 15) is 9.59 Å². The molecule has 0 spiro atoms. The van der Waals surface area contributed by atoms with Crippen LogP contribution in [0.3, 0.4) is 0 Å². The van der Waals surface area contributed by atoms with E-state index in [1.165, 1.54) is 11.8 Å². The smallest absolute Gasteiger partial charge is 0.251 e. The zero-order valence-corrected chi connectivity index (χ0v) is 11.0. The van der Waals surface area contributed by atoms with E-state index in [-0.39, 0.29) is 11.8 Å². The van der Waals surface area contributed by atoms with Crippen molar-refractivity contribution in [2.75, 3.05) is 12.8 Å². The Morgan fingerprint density at radius 2 is 2.16 bits per heavy atom. The maximum Gasteiger partial charge on any atom is 0.251 e. The summed E-state index contributed by atoms with van der Waals surface area (Å²) in [6, 6.07) is 6.96. The first kappa shape index (κ1) is 13.3. The molecule has 0 atom stereocenters. The SMILES string of the molecule is CNC(=O)c1ccc(C=NN=C2NC(=O)CS2)cc1. The average molecular weight is 276 g/mol. The number of carbonyl (C=O) groups excluding carboxylic acids is 2. The number of thioether (sulfide) groups is 1. The van der Waals surface area contributed by atoms with Gasteiger partial charge in [-0.05, 0) is 17.7 Å². The van der Waals surface area contributed by atoms with Crippen molar-refractivity contribution in [2.24, 2.45) is 10.2 Å². The van der Waals surface area contributed by atoms with Crippen molar-refractivity contribution in [1.29, 1.82) is 0 Å². The van der Waals surface area contributed by atoms with Crippen molar-refractivity contribution in [2.45, 2.75) is 0 Å². The lowest BCUT2D eigenvalue weighted by atomic mass is 10.1. The van der Waals surface area contributed by atoms with Gasteiger partial charge in [0.05, 0.1) is 12.0 Å². The standard InChI is InChI=1S/C12H12N4O2S/c1-13-11(18)9-4-2-8(3-5-9)6-14-16-12-15-10(17)7-19-12/h2-6H,7H2,1H3,(H,13,18)(H,15,16,17). The molecule has 1 heterocycles. The third kappa shape index (κ3) is 3.65. The quantitative estimate of drug-likeness (QED) is 0.626. The minimum absolute atomic E-state index is 0.0612. The predicted molar refractivity (Wildman–Crippen MR) is 75.5 cm³/mol. The van der Waals surface area contributed by atoms with Crippen LogP contribution in [0.1, 0.15) is 15.9 Å². The molecule has 1 saturated heterocycles. The van der Waals surface area contributed by atoms with Crippen molar-refractivity contribution in [3.8, 4) is 0 Å². The molecule has 1 aliphatic rings. The molecule has 0 unspecified atom stereocenters. The van der Waals surface area contributed by atoms with Gasteiger partial charge in [0.25, 0.3) is 5.91 Å². The molecule has 2 amide bonds. The van der Waals surface area contributed by atoms with Crippen LogP contribution in [0.2, 0.25) is 0 Å². The molecule has 0 aliphatic carbocycles. The van der Waals surface area contributed by atoms with Gasteiger partial charge < -0.3 is 10.6 Å². The van der Waals surface area contributed by atoms with Gasteiger partial charge in [-0.3, -0.25) is 9.59 Å². The van der Waals surface area contributed by atoms with Gasteiger partial charge in [-0.1, -0.05) is 23.9 Å². The maximum absolute atomic E-state index is 11.3. The Hall–Kier alpha value is -2.15. The molecule has 2 N–H and O–H groups in total. The molecule has 0 aromatic heterocycles.